The molecule has 0 atom stereocenters. The van der Waals surface area contributed by atoms with E-state index >= 15 is 0 Å². The zero-order valence-electron chi connectivity index (χ0n) is 19.7. The van der Waals surface area contributed by atoms with E-state index in [9.17, 15) is 0 Å². The maximum Gasteiger partial charge on any atom is 0.241 e. The molecule has 0 aliphatic rings. The Bertz CT molecular complexity index is 1210. The highest BCUT2D eigenvalue weighted by atomic mass is 15.0. The van der Waals surface area contributed by atoms with Crippen LogP contribution in [0.3, 0.4) is 0 Å². The SMILES string of the molecule is C/C(CCN(C)C)=C(/B(c1ccccc1)c1ccc(C)cc1)c1ccc2ccccc2c1. The van der Waals surface area contributed by atoms with Crippen molar-refractivity contribution in [3.63, 3.8) is 0 Å². The third-order valence-electron chi connectivity index (χ3n) is 6.29. The van der Waals surface area contributed by atoms with E-state index < -0.39 is 0 Å². The van der Waals surface area contributed by atoms with E-state index in [0.29, 0.717) is 0 Å². The monoisotopic (exact) mass is 417 g/mol. The molecule has 4 rings (SSSR count). The number of hydrogen-bond acceptors (Lipinski definition) is 1. The van der Waals surface area contributed by atoms with Gasteiger partial charge < -0.3 is 4.90 Å². The molecule has 0 spiro atoms. The van der Waals surface area contributed by atoms with E-state index in [4.69, 9.17) is 0 Å². The third-order valence-corrected chi connectivity index (χ3v) is 6.29. The molecule has 0 N–H and O–H groups in total. The maximum absolute atomic E-state index is 2.37. The Hall–Kier alpha value is -3.10. The molecule has 0 amide bonds. The zero-order chi connectivity index (χ0) is 22.5. The number of hydrogen-bond donors (Lipinski definition) is 0. The van der Waals surface area contributed by atoms with Crippen molar-refractivity contribution in [1.29, 1.82) is 0 Å². The molecule has 0 radical (unpaired) electrons. The standard InChI is InChI=1S/C30H32BN/c1-23-14-18-29(19-15-23)31(28-12-6-5-7-13-28)30(24(2)20-21-32(3)4)27-17-16-25-10-8-9-11-26(25)22-27/h5-19,22H,20-21H2,1-4H3/b30-24-. The normalized spacial score (nSPS) is 12.2. The number of fused-ring (bicyclic) bond motifs is 1. The zero-order valence-corrected chi connectivity index (χ0v) is 19.7. The Morgan fingerprint density at radius 2 is 1.34 bits per heavy atom. The quantitative estimate of drug-likeness (QED) is 0.348. The summed E-state index contributed by atoms with van der Waals surface area (Å²) in [7, 11) is 4.30. The summed E-state index contributed by atoms with van der Waals surface area (Å²) in [5.41, 5.74) is 8.16. The number of aryl methyl sites for hydroxylation is 1. The summed E-state index contributed by atoms with van der Waals surface area (Å²) in [6.07, 6.45) is 1.05. The van der Waals surface area contributed by atoms with Gasteiger partial charge >= 0.3 is 0 Å². The Morgan fingerprint density at radius 3 is 2.03 bits per heavy atom. The van der Waals surface area contributed by atoms with Gasteiger partial charge in [0.25, 0.3) is 0 Å². The third kappa shape index (κ3) is 5.03. The van der Waals surface area contributed by atoms with Gasteiger partial charge in [-0.05, 0) is 56.8 Å². The molecule has 0 saturated carbocycles. The van der Waals surface area contributed by atoms with E-state index in [0.717, 1.165) is 13.0 Å². The first-order valence-electron chi connectivity index (χ1n) is 11.5. The smallest absolute Gasteiger partial charge is 0.241 e. The molecule has 160 valence electrons. The molecule has 4 aromatic carbocycles. The second-order valence-electron chi connectivity index (χ2n) is 9.06. The van der Waals surface area contributed by atoms with Gasteiger partial charge in [-0.1, -0.05) is 119 Å². The minimum atomic E-state index is 0.195. The highest BCUT2D eigenvalue weighted by Crippen LogP contribution is 2.27. The van der Waals surface area contributed by atoms with E-state index in [1.54, 1.807) is 0 Å². The fraction of sp³-hybridized carbons (Fsp3) is 0.200. The molecular formula is C30H32BN. The van der Waals surface area contributed by atoms with Crippen LogP contribution >= 0.6 is 0 Å². The summed E-state index contributed by atoms with van der Waals surface area (Å²) < 4.78 is 0. The van der Waals surface area contributed by atoms with Crippen LogP contribution in [0.15, 0.2) is 103 Å². The molecule has 0 unspecified atom stereocenters. The van der Waals surface area contributed by atoms with Gasteiger partial charge in [0.1, 0.15) is 0 Å². The van der Waals surface area contributed by atoms with Crippen molar-refractivity contribution in [3.05, 3.63) is 114 Å². The maximum atomic E-state index is 2.37. The van der Waals surface area contributed by atoms with Crippen LogP contribution in [0, 0.1) is 6.92 Å². The first kappa shape index (κ1) is 22.1. The van der Waals surface area contributed by atoms with Gasteiger partial charge in [-0.15, -0.1) is 0 Å². The molecule has 4 aromatic rings. The molecule has 0 bridgehead atoms. The average molecular weight is 417 g/mol. The van der Waals surface area contributed by atoms with Crippen LogP contribution in [0.4, 0.5) is 0 Å². The van der Waals surface area contributed by atoms with Crippen LogP contribution in [0.2, 0.25) is 0 Å². The Balaban J connectivity index is 1.94. The molecule has 2 heteroatoms. The summed E-state index contributed by atoms with van der Waals surface area (Å²) in [5, 5.41) is 2.58. The first-order chi connectivity index (χ1) is 15.5. The van der Waals surface area contributed by atoms with E-state index in [1.807, 2.05) is 0 Å². The Labute approximate surface area is 193 Å². The molecule has 0 saturated heterocycles. The highest BCUT2D eigenvalue weighted by Gasteiger charge is 2.27. The molecule has 0 aliphatic heterocycles. The molecule has 0 fully saturated rings. The van der Waals surface area contributed by atoms with Crippen molar-refractivity contribution < 1.29 is 0 Å². The molecular weight excluding hydrogens is 385 g/mol. The van der Waals surface area contributed by atoms with Gasteiger partial charge in [-0.2, -0.15) is 0 Å². The predicted molar refractivity (Wildman–Crippen MR) is 142 cm³/mol. The fourth-order valence-electron chi connectivity index (χ4n) is 4.47. The molecule has 0 heterocycles. The van der Waals surface area contributed by atoms with Crippen molar-refractivity contribution in [1.82, 2.24) is 4.90 Å². The van der Waals surface area contributed by atoms with Crippen molar-refractivity contribution in [3.8, 4) is 0 Å². The first-order valence-corrected chi connectivity index (χ1v) is 11.5. The lowest BCUT2D eigenvalue weighted by molar-refractivity contribution is 0.413. The Morgan fingerprint density at radius 1 is 0.719 bits per heavy atom. The fourth-order valence-corrected chi connectivity index (χ4v) is 4.47. The van der Waals surface area contributed by atoms with Crippen LogP contribution in [0.1, 0.15) is 24.5 Å². The largest absolute Gasteiger partial charge is 0.309 e. The lowest BCUT2D eigenvalue weighted by Gasteiger charge is -2.23. The molecule has 32 heavy (non-hydrogen) atoms. The van der Waals surface area contributed by atoms with Gasteiger partial charge in [0.2, 0.25) is 6.71 Å². The number of nitrogens with zero attached hydrogens (tertiary/aromatic N) is 1. The van der Waals surface area contributed by atoms with Crippen molar-refractivity contribution in [2.24, 2.45) is 0 Å². The topological polar surface area (TPSA) is 3.24 Å². The molecule has 0 aromatic heterocycles. The number of rotatable bonds is 7. The highest BCUT2D eigenvalue weighted by molar-refractivity contribution is 6.99. The van der Waals surface area contributed by atoms with Gasteiger partial charge in [-0.25, -0.2) is 0 Å². The van der Waals surface area contributed by atoms with Crippen LogP contribution in [-0.4, -0.2) is 32.3 Å². The van der Waals surface area contributed by atoms with Gasteiger partial charge in [0, 0.05) is 6.54 Å². The lowest BCUT2D eigenvalue weighted by Crippen LogP contribution is -2.44. The lowest BCUT2D eigenvalue weighted by atomic mass is 9.34. The summed E-state index contributed by atoms with van der Waals surface area (Å²) in [5.74, 6) is 0. The predicted octanol–water partition coefficient (Wildman–Crippen LogP) is 5.72. The second kappa shape index (κ2) is 10.0. The Kier molecular flexibility index (Phi) is 6.92. The van der Waals surface area contributed by atoms with E-state index in [-0.39, 0.29) is 6.71 Å². The van der Waals surface area contributed by atoms with Crippen LogP contribution in [0.25, 0.3) is 16.2 Å². The molecule has 0 aliphatic carbocycles. The second-order valence-corrected chi connectivity index (χ2v) is 9.06. The van der Waals surface area contributed by atoms with Gasteiger partial charge in [0.15, 0.2) is 0 Å². The van der Waals surface area contributed by atoms with Crippen molar-refractivity contribution in [2.45, 2.75) is 20.3 Å². The number of benzene rings is 4. The minimum Gasteiger partial charge on any atom is -0.309 e. The van der Waals surface area contributed by atoms with E-state index in [1.165, 1.54) is 43.9 Å². The van der Waals surface area contributed by atoms with Gasteiger partial charge in [-0.3, -0.25) is 0 Å². The summed E-state index contributed by atoms with van der Waals surface area (Å²) >= 11 is 0. The summed E-state index contributed by atoms with van der Waals surface area (Å²) in [4.78, 5) is 2.27. The van der Waals surface area contributed by atoms with Crippen LogP contribution < -0.4 is 10.9 Å². The van der Waals surface area contributed by atoms with E-state index in [2.05, 4.69) is 130 Å². The van der Waals surface area contributed by atoms with Crippen molar-refractivity contribution in [2.75, 3.05) is 20.6 Å². The van der Waals surface area contributed by atoms with Crippen LogP contribution in [0.5, 0.6) is 0 Å². The van der Waals surface area contributed by atoms with Crippen LogP contribution in [-0.2, 0) is 0 Å². The summed E-state index contributed by atoms with van der Waals surface area (Å²) in [6, 6.07) is 35.6. The molecule has 1 nitrogen and oxygen atoms in total. The average Bonchev–Trinajstić information content (AvgIpc) is 2.82. The minimum absolute atomic E-state index is 0.195. The van der Waals surface area contributed by atoms with Gasteiger partial charge in [0.05, 0.1) is 0 Å². The van der Waals surface area contributed by atoms with Crippen molar-refractivity contribution >= 4 is 33.9 Å². The summed E-state index contributed by atoms with van der Waals surface area (Å²) in [6.45, 7) is 5.71.